The lowest BCUT2D eigenvalue weighted by molar-refractivity contribution is -0.0733. The van der Waals surface area contributed by atoms with Crippen LogP contribution in [0.3, 0.4) is 0 Å². The van der Waals surface area contributed by atoms with Gasteiger partial charge in [0.05, 0.1) is 0 Å². The molecule has 0 spiro atoms. The smallest absolute Gasteiger partial charge is 0.0488 e. The van der Waals surface area contributed by atoms with Crippen molar-refractivity contribution in [3.63, 3.8) is 0 Å². The van der Waals surface area contributed by atoms with Crippen LogP contribution in [0.1, 0.15) is 30.9 Å². The summed E-state index contributed by atoms with van der Waals surface area (Å²) in [5.74, 6) is 0.510. The lowest BCUT2D eigenvalue weighted by Crippen LogP contribution is -2.13. The molecule has 0 aromatic heterocycles. The van der Waals surface area contributed by atoms with E-state index in [1.807, 2.05) is 12.1 Å². The van der Waals surface area contributed by atoms with E-state index in [1.165, 1.54) is 16.2 Å². The zero-order valence-electron chi connectivity index (χ0n) is 8.49. The van der Waals surface area contributed by atoms with Gasteiger partial charge in [0.15, 0.2) is 0 Å². The Morgan fingerprint density at radius 1 is 1.31 bits per heavy atom. The summed E-state index contributed by atoms with van der Waals surface area (Å²) in [6.07, 6.45) is 0. The zero-order valence-corrected chi connectivity index (χ0v) is 8.49. The third-order valence-corrected chi connectivity index (χ3v) is 2.08. The van der Waals surface area contributed by atoms with Gasteiger partial charge in [0.25, 0.3) is 0 Å². The van der Waals surface area contributed by atoms with Crippen molar-refractivity contribution in [2.75, 3.05) is 7.05 Å². The Hall–Kier alpha value is -0.860. The van der Waals surface area contributed by atoms with Crippen molar-refractivity contribution in [1.29, 1.82) is 0 Å². The maximum absolute atomic E-state index is 9.15. The molecule has 13 heavy (non-hydrogen) atoms. The standard InChI is InChI=1S/C11H17NO/c1-9(2)11-7-5-4-6-10(11)8-12(3)13/h4-7,9,13H,8H2,1-3H3. The third kappa shape index (κ3) is 2.83. The first-order valence-electron chi connectivity index (χ1n) is 4.59. The lowest BCUT2D eigenvalue weighted by Gasteiger charge is -2.14. The van der Waals surface area contributed by atoms with Gasteiger partial charge >= 0.3 is 0 Å². The van der Waals surface area contributed by atoms with E-state index in [0.29, 0.717) is 12.5 Å². The summed E-state index contributed by atoms with van der Waals surface area (Å²) in [6, 6.07) is 8.21. The molecule has 2 heteroatoms. The van der Waals surface area contributed by atoms with E-state index in [2.05, 4.69) is 26.0 Å². The summed E-state index contributed by atoms with van der Waals surface area (Å²) in [4.78, 5) is 0. The van der Waals surface area contributed by atoms with Crippen molar-refractivity contribution in [1.82, 2.24) is 5.06 Å². The Morgan fingerprint density at radius 3 is 2.46 bits per heavy atom. The molecule has 0 heterocycles. The highest BCUT2D eigenvalue weighted by molar-refractivity contribution is 5.29. The molecule has 0 bridgehead atoms. The minimum absolute atomic E-state index is 0.510. The van der Waals surface area contributed by atoms with Gasteiger partial charge in [-0.15, -0.1) is 0 Å². The molecule has 0 radical (unpaired) electrons. The van der Waals surface area contributed by atoms with Crippen molar-refractivity contribution in [2.24, 2.45) is 0 Å². The van der Waals surface area contributed by atoms with Crippen LogP contribution in [0.4, 0.5) is 0 Å². The maximum Gasteiger partial charge on any atom is 0.0488 e. The van der Waals surface area contributed by atoms with Crippen LogP contribution in [-0.2, 0) is 6.54 Å². The molecule has 0 fully saturated rings. The van der Waals surface area contributed by atoms with E-state index in [4.69, 9.17) is 5.21 Å². The Kier molecular flexibility index (Phi) is 3.46. The van der Waals surface area contributed by atoms with Gasteiger partial charge in [-0.2, -0.15) is 5.06 Å². The number of hydrogen-bond acceptors (Lipinski definition) is 2. The summed E-state index contributed by atoms with van der Waals surface area (Å²) >= 11 is 0. The molecule has 0 saturated heterocycles. The molecule has 0 aliphatic rings. The second kappa shape index (κ2) is 4.40. The average molecular weight is 179 g/mol. The molecule has 0 atom stereocenters. The Bertz CT molecular complexity index is 269. The first-order valence-corrected chi connectivity index (χ1v) is 4.59. The van der Waals surface area contributed by atoms with Crippen LogP contribution in [0.2, 0.25) is 0 Å². The van der Waals surface area contributed by atoms with E-state index >= 15 is 0 Å². The topological polar surface area (TPSA) is 23.5 Å². The Morgan fingerprint density at radius 2 is 1.92 bits per heavy atom. The lowest BCUT2D eigenvalue weighted by atomic mass is 9.97. The van der Waals surface area contributed by atoms with Crippen molar-refractivity contribution in [3.8, 4) is 0 Å². The zero-order chi connectivity index (χ0) is 9.84. The second-order valence-electron chi connectivity index (χ2n) is 3.67. The minimum atomic E-state index is 0.510. The molecule has 0 aliphatic heterocycles. The predicted molar refractivity (Wildman–Crippen MR) is 53.8 cm³/mol. The van der Waals surface area contributed by atoms with E-state index < -0.39 is 0 Å². The highest BCUT2D eigenvalue weighted by Gasteiger charge is 2.06. The monoisotopic (exact) mass is 179 g/mol. The van der Waals surface area contributed by atoms with Crippen molar-refractivity contribution < 1.29 is 5.21 Å². The molecule has 1 aromatic carbocycles. The number of benzene rings is 1. The van der Waals surface area contributed by atoms with Gasteiger partial charge in [-0.05, 0) is 17.0 Å². The summed E-state index contributed by atoms with van der Waals surface area (Å²) < 4.78 is 0. The summed E-state index contributed by atoms with van der Waals surface area (Å²) in [5.41, 5.74) is 2.51. The van der Waals surface area contributed by atoms with Crippen molar-refractivity contribution in [3.05, 3.63) is 35.4 Å². The molecule has 0 saturated carbocycles. The molecule has 0 unspecified atom stereocenters. The molecule has 72 valence electrons. The maximum atomic E-state index is 9.15. The van der Waals surface area contributed by atoms with Gasteiger partial charge in [0.1, 0.15) is 0 Å². The Balaban J connectivity index is 2.91. The molecule has 1 rings (SSSR count). The average Bonchev–Trinajstić information content (AvgIpc) is 2.03. The van der Waals surface area contributed by atoms with E-state index in [-0.39, 0.29) is 0 Å². The van der Waals surface area contributed by atoms with Crippen LogP contribution in [0.15, 0.2) is 24.3 Å². The largest absolute Gasteiger partial charge is 0.314 e. The normalized spacial score (nSPS) is 11.2. The van der Waals surface area contributed by atoms with Gasteiger partial charge in [0.2, 0.25) is 0 Å². The van der Waals surface area contributed by atoms with E-state index in [1.54, 1.807) is 7.05 Å². The predicted octanol–water partition coefficient (Wildman–Crippen LogP) is 2.63. The SMILES string of the molecule is CC(C)c1ccccc1CN(C)O. The van der Waals surface area contributed by atoms with E-state index in [9.17, 15) is 0 Å². The van der Waals surface area contributed by atoms with Crippen LogP contribution < -0.4 is 0 Å². The third-order valence-electron chi connectivity index (χ3n) is 2.08. The van der Waals surface area contributed by atoms with Gasteiger partial charge in [-0.25, -0.2) is 0 Å². The first kappa shape index (κ1) is 10.2. The fourth-order valence-electron chi connectivity index (χ4n) is 1.49. The fourth-order valence-corrected chi connectivity index (χ4v) is 1.49. The number of hydroxylamine groups is 2. The van der Waals surface area contributed by atoms with Gasteiger partial charge in [-0.3, -0.25) is 0 Å². The van der Waals surface area contributed by atoms with Gasteiger partial charge in [-0.1, -0.05) is 38.1 Å². The highest BCUT2D eigenvalue weighted by atomic mass is 16.5. The number of nitrogens with zero attached hydrogens (tertiary/aromatic N) is 1. The second-order valence-corrected chi connectivity index (χ2v) is 3.67. The molecule has 1 N–H and O–H groups in total. The van der Waals surface area contributed by atoms with Crippen LogP contribution >= 0.6 is 0 Å². The summed E-state index contributed by atoms with van der Waals surface area (Å²) in [5, 5.41) is 10.4. The molecular weight excluding hydrogens is 162 g/mol. The minimum Gasteiger partial charge on any atom is -0.314 e. The molecule has 0 amide bonds. The summed E-state index contributed by atoms with van der Waals surface area (Å²) in [7, 11) is 1.66. The highest BCUT2D eigenvalue weighted by Crippen LogP contribution is 2.19. The van der Waals surface area contributed by atoms with Crippen LogP contribution in [-0.4, -0.2) is 17.3 Å². The number of hydrogen-bond donors (Lipinski definition) is 1. The molecular formula is C11H17NO. The molecule has 2 nitrogen and oxygen atoms in total. The van der Waals surface area contributed by atoms with Gasteiger partial charge < -0.3 is 5.21 Å². The van der Waals surface area contributed by atoms with Crippen molar-refractivity contribution in [2.45, 2.75) is 26.3 Å². The number of rotatable bonds is 3. The Labute approximate surface area is 79.8 Å². The van der Waals surface area contributed by atoms with Crippen LogP contribution in [0, 0.1) is 0 Å². The molecule has 1 aromatic rings. The van der Waals surface area contributed by atoms with Crippen LogP contribution in [0.25, 0.3) is 0 Å². The molecule has 0 aliphatic carbocycles. The quantitative estimate of drug-likeness (QED) is 0.721. The fraction of sp³-hybridized carbons (Fsp3) is 0.455. The van der Waals surface area contributed by atoms with E-state index in [0.717, 1.165) is 0 Å². The first-order chi connectivity index (χ1) is 6.11. The van der Waals surface area contributed by atoms with Crippen molar-refractivity contribution >= 4 is 0 Å². The van der Waals surface area contributed by atoms with Gasteiger partial charge in [0, 0.05) is 13.6 Å². The summed E-state index contributed by atoms with van der Waals surface area (Å²) in [6.45, 7) is 4.92. The van der Waals surface area contributed by atoms with Crippen LogP contribution in [0.5, 0.6) is 0 Å².